The molecular formula is C12H14FNO2. The van der Waals surface area contributed by atoms with E-state index in [1.165, 1.54) is 18.2 Å². The van der Waals surface area contributed by atoms with Gasteiger partial charge in [-0.3, -0.25) is 4.90 Å². The molecule has 2 rings (SSSR count). The summed E-state index contributed by atoms with van der Waals surface area (Å²) >= 11 is 0. The molecule has 0 saturated heterocycles. The lowest BCUT2D eigenvalue weighted by atomic mass is 10.1. The first-order chi connectivity index (χ1) is 7.58. The van der Waals surface area contributed by atoms with Gasteiger partial charge in [-0.25, -0.2) is 9.18 Å². The Morgan fingerprint density at radius 1 is 1.56 bits per heavy atom. The Kier molecular flexibility index (Phi) is 2.92. The Labute approximate surface area is 93.5 Å². The quantitative estimate of drug-likeness (QED) is 0.850. The molecule has 0 aromatic heterocycles. The molecule has 1 N–H and O–H groups in total. The van der Waals surface area contributed by atoms with Gasteiger partial charge >= 0.3 is 5.97 Å². The molecule has 0 bridgehead atoms. The normalized spacial score (nSPS) is 15.4. The molecule has 1 aliphatic rings. The van der Waals surface area contributed by atoms with Crippen LogP contribution < -0.4 is 0 Å². The van der Waals surface area contributed by atoms with Crippen molar-refractivity contribution in [1.82, 2.24) is 4.90 Å². The Morgan fingerprint density at radius 3 is 2.81 bits per heavy atom. The summed E-state index contributed by atoms with van der Waals surface area (Å²) in [4.78, 5) is 12.8. The van der Waals surface area contributed by atoms with Crippen LogP contribution in [-0.4, -0.2) is 29.1 Å². The minimum atomic E-state index is -1.02. The summed E-state index contributed by atoms with van der Waals surface area (Å²) in [5.41, 5.74) is 0.592. The van der Waals surface area contributed by atoms with Crippen LogP contribution in [0.4, 0.5) is 4.39 Å². The molecule has 0 heterocycles. The average Bonchev–Trinajstić information content (AvgIpc) is 3.04. The third-order valence-electron chi connectivity index (χ3n) is 2.88. The Bertz CT molecular complexity index is 415. The zero-order valence-electron chi connectivity index (χ0n) is 9.11. The maximum absolute atomic E-state index is 13.5. The molecule has 1 aromatic rings. The number of hydrogen-bond donors (Lipinski definition) is 1. The first kappa shape index (κ1) is 11.1. The molecule has 0 radical (unpaired) electrons. The SMILES string of the molecule is CN(Cc1cc(C(=O)O)ccc1F)C1CC1. The molecule has 3 nitrogen and oxygen atoms in total. The van der Waals surface area contributed by atoms with E-state index in [2.05, 4.69) is 4.90 Å². The van der Waals surface area contributed by atoms with E-state index in [0.29, 0.717) is 18.2 Å². The van der Waals surface area contributed by atoms with Crippen LogP contribution in [0.1, 0.15) is 28.8 Å². The van der Waals surface area contributed by atoms with Crippen LogP contribution in [0, 0.1) is 5.82 Å². The largest absolute Gasteiger partial charge is 0.478 e. The number of nitrogens with zero attached hydrogens (tertiary/aromatic N) is 1. The molecule has 0 amide bonds. The van der Waals surface area contributed by atoms with Crippen molar-refractivity contribution in [2.24, 2.45) is 0 Å². The monoisotopic (exact) mass is 223 g/mol. The average molecular weight is 223 g/mol. The van der Waals surface area contributed by atoms with E-state index in [1.54, 1.807) is 0 Å². The molecular weight excluding hydrogens is 209 g/mol. The molecule has 0 unspecified atom stereocenters. The number of carboxylic acid groups (broad SMARTS) is 1. The van der Waals surface area contributed by atoms with Gasteiger partial charge in [-0.2, -0.15) is 0 Å². The number of benzene rings is 1. The lowest BCUT2D eigenvalue weighted by molar-refractivity contribution is 0.0696. The van der Waals surface area contributed by atoms with E-state index >= 15 is 0 Å². The molecule has 4 heteroatoms. The van der Waals surface area contributed by atoms with Crippen molar-refractivity contribution in [3.05, 3.63) is 35.1 Å². The fraction of sp³-hybridized carbons (Fsp3) is 0.417. The van der Waals surface area contributed by atoms with E-state index in [4.69, 9.17) is 5.11 Å². The highest BCUT2D eigenvalue weighted by Crippen LogP contribution is 2.27. The fourth-order valence-electron chi connectivity index (χ4n) is 1.74. The van der Waals surface area contributed by atoms with Crippen LogP contribution in [-0.2, 0) is 6.54 Å². The van der Waals surface area contributed by atoms with Crippen molar-refractivity contribution in [3.63, 3.8) is 0 Å². The summed E-state index contributed by atoms with van der Waals surface area (Å²) in [5.74, 6) is -1.35. The van der Waals surface area contributed by atoms with E-state index in [0.717, 1.165) is 12.8 Å². The molecule has 1 aromatic carbocycles. The van der Waals surface area contributed by atoms with Crippen LogP contribution in [0.3, 0.4) is 0 Å². The summed E-state index contributed by atoms with van der Waals surface area (Å²) < 4.78 is 13.5. The number of carbonyl (C=O) groups is 1. The van der Waals surface area contributed by atoms with Gasteiger partial charge in [-0.15, -0.1) is 0 Å². The van der Waals surface area contributed by atoms with Crippen molar-refractivity contribution in [2.45, 2.75) is 25.4 Å². The third kappa shape index (κ3) is 2.39. The Hall–Kier alpha value is -1.42. The molecule has 0 atom stereocenters. The highest BCUT2D eigenvalue weighted by molar-refractivity contribution is 5.87. The van der Waals surface area contributed by atoms with Crippen molar-refractivity contribution in [3.8, 4) is 0 Å². The zero-order valence-corrected chi connectivity index (χ0v) is 9.11. The maximum atomic E-state index is 13.5. The van der Waals surface area contributed by atoms with Crippen molar-refractivity contribution in [2.75, 3.05) is 7.05 Å². The standard InChI is InChI=1S/C12H14FNO2/c1-14(10-3-4-10)7-9-6-8(12(15)16)2-5-11(9)13/h2,5-6,10H,3-4,7H2,1H3,(H,15,16). The number of carboxylic acids is 1. The van der Waals surface area contributed by atoms with Crippen LogP contribution in [0.25, 0.3) is 0 Å². The van der Waals surface area contributed by atoms with Gasteiger partial charge in [-0.1, -0.05) is 0 Å². The number of halogens is 1. The summed E-state index contributed by atoms with van der Waals surface area (Å²) in [6.45, 7) is 0.470. The van der Waals surface area contributed by atoms with E-state index in [9.17, 15) is 9.18 Å². The molecule has 1 aliphatic carbocycles. The van der Waals surface area contributed by atoms with Crippen LogP contribution in [0.5, 0.6) is 0 Å². The van der Waals surface area contributed by atoms with Gasteiger partial charge in [-0.05, 0) is 38.1 Å². The van der Waals surface area contributed by atoms with Crippen molar-refractivity contribution < 1.29 is 14.3 Å². The number of aromatic carboxylic acids is 1. The lowest BCUT2D eigenvalue weighted by Crippen LogP contribution is -2.20. The van der Waals surface area contributed by atoms with Gasteiger partial charge in [0, 0.05) is 18.2 Å². The predicted molar refractivity (Wildman–Crippen MR) is 57.8 cm³/mol. The summed E-state index contributed by atoms with van der Waals surface area (Å²) in [6, 6.07) is 4.46. The van der Waals surface area contributed by atoms with E-state index in [1.807, 2.05) is 7.05 Å². The minimum absolute atomic E-state index is 0.139. The van der Waals surface area contributed by atoms with Gasteiger partial charge in [0.1, 0.15) is 5.82 Å². The predicted octanol–water partition coefficient (Wildman–Crippen LogP) is 2.12. The van der Waals surface area contributed by atoms with Gasteiger partial charge in [0.2, 0.25) is 0 Å². The van der Waals surface area contributed by atoms with Crippen LogP contribution in [0.2, 0.25) is 0 Å². The third-order valence-corrected chi connectivity index (χ3v) is 2.88. The zero-order chi connectivity index (χ0) is 11.7. The number of hydrogen-bond acceptors (Lipinski definition) is 2. The van der Waals surface area contributed by atoms with Crippen LogP contribution in [0.15, 0.2) is 18.2 Å². The highest BCUT2D eigenvalue weighted by atomic mass is 19.1. The first-order valence-electron chi connectivity index (χ1n) is 5.30. The van der Waals surface area contributed by atoms with E-state index in [-0.39, 0.29) is 11.4 Å². The second-order valence-corrected chi connectivity index (χ2v) is 4.26. The Morgan fingerprint density at radius 2 is 2.25 bits per heavy atom. The second kappa shape index (κ2) is 4.22. The summed E-state index contributed by atoms with van der Waals surface area (Å²) in [5, 5.41) is 8.82. The molecule has 16 heavy (non-hydrogen) atoms. The highest BCUT2D eigenvalue weighted by Gasteiger charge is 2.26. The molecule has 1 saturated carbocycles. The summed E-state index contributed by atoms with van der Waals surface area (Å²) in [6.07, 6.45) is 2.30. The number of rotatable bonds is 4. The summed E-state index contributed by atoms with van der Waals surface area (Å²) in [7, 11) is 1.94. The van der Waals surface area contributed by atoms with Gasteiger partial charge in [0.25, 0.3) is 0 Å². The minimum Gasteiger partial charge on any atom is -0.478 e. The molecule has 0 aliphatic heterocycles. The van der Waals surface area contributed by atoms with Gasteiger partial charge in [0.05, 0.1) is 5.56 Å². The molecule has 0 spiro atoms. The van der Waals surface area contributed by atoms with Gasteiger partial charge < -0.3 is 5.11 Å². The van der Waals surface area contributed by atoms with Crippen molar-refractivity contribution in [1.29, 1.82) is 0 Å². The smallest absolute Gasteiger partial charge is 0.335 e. The molecule has 86 valence electrons. The fourth-order valence-corrected chi connectivity index (χ4v) is 1.74. The first-order valence-corrected chi connectivity index (χ1v) is 5.30. The van der Waals surface area contributed by atoms with Crippen molar-refractivity contribution >= 4 is 5.97 Å². The maximum Gasteiger partial charge on any atom is 0.335 e. The van der Waals surface area contributed by atoms with E-state index < -0.39 is 5.97 Å². The van der Waals surface area contributed by atoms with Crippen LogP contribution >= 0.6 is 0 Å². The molecule has 1 fully saturated rings. The topological polar surface area (TPSA) is 40.5 Å². The Balaban J connectivity index is 2.17. The van der Waals surface area contributed by atoms with Gasteiger partial charge in [0.15, 0.2) is 0 Å². The lowest BCUT2D eigenvalue weighted by Gasteiger charge is -2.16. The second-order valence-electron chi connectivity index (χ2n) is 4.26.